The van der Waals surface area contributed by atoms with E-state index in [1.165, 1.54) is 12.4 Å². The van der Waals surface area contributed by atoms with E-state index in [2.05, 4.69) is 26.8 Å². The van der Waals surface area contributed by atoms with Crippen molar-refractivity contribution in [3.63, 3.8) is 0 Å². The van der Waals surface area contributed by atoms with Gasteiger partial charge >= 0.3 is 6.18 Å². The zero-order valence-electron chi connectivity index (χ0n) is 15.6. The number of hydrogen-bond donors (Lipinski definition) is 0. The molecule has 1 atom stereocenters. The molecule has 0 fully saturated rings. The molecular weight excluding hydrogens is 389 g/mol. The van der Waals surface area contributed by atoms with Gasteiger partial charge in [-0.25, -0.2) is 15.0 Å². The quantitative estimate of drug-likeness (QED) is 0.522. The topological polar surface area (TPSA) is 43.6 Å². The highest BCUT2D eigenvalue weighted by Crippen LogP contribution is 2.37. The molecular formula is C20H18ClF3N4. The van der Waals surface area contributed by atoms with Crippen LogP contribution in [-0.4, -0.2) is 19.5 Å². The van der Waals surface area contributed by atoms with Crippen molar-refractivity contribution in [2.75, 3.05) is 0 Å². The maximum Gasteiger partial charge on any atom is 0.416 e. The summed E-state index contributed by atoms with van der Waals surface area (Å²) in [5.74, 6) is 6.87. The van der Waals surface area contributed by atoms with Crippen LogP contribution >= 0.6 is 11.6 Å². The predicted octanol–water partition coefficient (Wildman–Crippen LogP) is 5.70. The Morgan fingerprint density at radius 2 is 1.96 bits per heavy atom. The van der Waals surface area contributed by atoms with E-state index in [9.17, 15) is 13.2 Å². The minimum absolute atomic E-state index is 0.0391. The molecule has 4 nitrogen and oxygen atoms in total. The maximum atomic E-state index is 12.9. The Kier molecular flexibility index (Phi) is 5.61. The molecule has 3 rings (SSSR count). The molecule has 1 aromatic carbocycles. The van der Waals surface area contributed by atoms with Crippen LogP contribution < -0.4 is 0 Å². The third-order valence-corrected chi connectivity index (χ3v) is 4.74. The number of aromatic nitrogens is 4. The van der Waals surface area contributed by atoms with Gasteiger partial charge in [-0.05, 0) is 25.5 Å². The van der Waals surface area contributed by atoms with Gasteiger partial charge in [0.2, 0.25) is 0 Å². The number of alkyl halides is 3. The second kappa shape index (κ2) is 7.80. The lowest BCUT2D eigenvalue weighted by atomic mass is 10.1. The molecule has 0 N–H and O–H groups in total. The van der Waals surface area contributed by atoms with Gasteiger partial charge in [0.05, 0.1) is 16.6 Å². The number of rotatable bonds is 4. The van der Waals surface area contributed by atoms with Gasteiger partial charge in [0.1, 0.15) is 23.4 Å². The molecule has 3 aromatic rings. The van der Waals surface area contributed by atoms with E-state index in [1.807, 2.05) is 18.4 Å². The number of imidazole rings is 1. The molecule has 146 valence electrons. The van der Waals surface area contributed by atoms with Crippen LogP contribution in [-0.2, 0) is 12.6 Å². The number of aryl methyl sites for hydroxylation is 1. The van der Waals surface area contributed by atoms with E-state index in [4.69, 9.17) is 11.6 Å². The maximum absolute atomic E-state index is 12.9. The van der Waals surface area contributed by atoms with Crippen molar-refractivity contribution >= 4 is 22.8 Å². The number of nitrogens with zero attached hydrogens (tertiary/aromatic N) is 4. The van der Waals surface area contributed by atoms with Gasteiger partial charge in [-0.1, -0.05) is 37.4 Å². The van der Waals surface area contributed by atoms with Crippen molar-refractivity contribution in [3.05, 3.63) is 40.9 Å². The number of fused-ring (bicyclic) bond motifs is 1. The first kappa shape index (κ1) is 20.2. The lowest BCUT2D eigenvalue weighted by Gasteiger charge is -2.14. The summed E-state index contributed by atoms with van der Waals surface area (Å²) in [7, 11) is 0. The normalized spacial score (nSPS) is 12.7. The monoisotopic (exact) mass is 406 g/mol. The fraction of sp³-hybridized carbons (Fsp3) is 0.350. The molecule has 2 aromatic heterocycles. The van der Waals surface area contributed by atoms with E-state index < -0.39 is 11.7 Å². The van der Waals surface area contributed by atoms with E-state index in [-0.39, 0.29) is 11.1 Å². The summed E-state index contributed by atoms with van der Waals surface area (Å²) in [6.45, 7) is 5.77. The highest BCUT2D eigenvalue weighted by atomic mass is 35.5. The third-order valence-electron chi connectivity index (χ3n) is 4.43. The molecule has 0 aliphatic rings. The van der Waals surface area contributed by atoms with E-state index in [0.29, 0.717) is 28.8 Å². The number of benzene rings is 1. The molecule has 0 aliphatic heterocycles. The molecule has 0 saturated carbocycles. The summed E-state index contributed by atoms with van der Waals surface area (Å²) in [6, 6.07) is 3.11. The summed E-state index contributed by atoms with van der Waals surface area (Å²) in [5, 5.41) is -0.0391. The predicted molar refractivity (Wildman–Crippen MR) is 103 cm³/mol. The largest absolute Gasteiger partial charge is 0.416 e. The van der Waals surface area contributed by atoms with Crippen molar-refractivity contribution in [3.8, 4) is 23.1 Å². The molecule has 0 radical (unpaired) electrons. The van der Waals surface area contributed by atoms with Gasteiger partial charge in [0.15, 0.2) is 5.65 Å². The minimum Gasteiger partial charge on any atom is -0.298 e. The van der Waals surface area contributed by atoms with E-state index in [1.54, 1.807) is 6.92 Å². The van der Waals surface area contributed by atoms with Crippen LogP contribution in [0, 0.1) is 11.8 Å². The van der Waals surface area contributed by atoms with E-state index in [0.717, 1.165) is 24.4 Å². The Labute approximate surface area is 165 Å². The van der Waals surface area contributed by atoms with E-state index >= 15 is 0 Å². The first-order valence-corrected chi connectivity index (χ1v) is 9.20. The first-order chi connectivity index (χ1) is 13.3. The molecule has 0 saturated heterocycles. The van der Waals surface area contributed by atoms with Crippen molar-refractivity contribution in [1.29, 1.82) is 0 Å². The van der Waals surface area contributed by atoms with Gasteiger partial charge in [-0.15, -0.1) is 5.92 Å². The lowest BCUT2D eigenvalue weighted by Crippen LogP contribution is -2.10. The van der Waals surface area contributed by atoms with Crippen molar-refractivity contribution in [2.45, 2.75) is 45.8 Å². The smallest absolute Gasteiger partial charge is 0.298 e. The molecule has 28 heavy (non-hydrogen) atoms. The average molecular weight is 407 g/mol. The van der Waals surface area contributed by atoms with Crippen molar-refractivity contribution in [1.82, 2.24) is 19.5 Å². The standard InChI is InChI=1S/C20H18ClF3N4/c1-4-7-13(5-2)28-16(6-3)27-18-17(25-11-26-19(18)28)14-9-8-12(10-15(14)21)20(22,23)24/h8-11,13H,5-6H2,1-3H3. The van der Waals surface area contributed by atoms with Crippen LogP contribution in [0.3, 0.4) is 0 Å². The Balaban J connectivity index is 2.24. The highest BCUT2D eigenvalue weighted by molar-refractivity contribution is 6.33. The Bertz CT molecular complexity index is 1080. The Morgan fingerprint density at radius 1 is 1.21 bits per heavy atom. The van der Waals surface area contributed by atoms with Crippen molar-refractivity contribution < 1.29 is 13.2 Å². The molecule has 0 spiro atoms. The van der Waals surface area contributed by atoms with Gasteiger partial charge in [-0.2, -0.15) is 13.2 Å². The van der Waals surface area contributed by atoms with Gasteiger partial charge in [0, 0.05) is 12.0 Å². The Hall–Kier alpha value is -2.59. The summed E-state index contributed by atoms with van der Waals surface area (Å²) >= 11 is 6.17. The zero-order chi connectivity index (χ0) is 20.5. The molecule has 8 heteroatoms. The molecule has 0 amide bonds. The second-order valence-corrected chi connectivity index (χ2v) is 6.56. The SMILES string of the molecule is CC#CC(CC)n1c(CC)nc2c(-c3ccc(C(F)(F)F)cc3Cl)ncnc21. The molecule has 2 heterocycles. The fourth-order valence-corrected chi connectivity index (χ4v) is 3.40. The molecule has 0 bridgehead atoms. The summed E-state index contributed by atoms with van der Waals surface area (Å²) in [6.07, 6.45) is -1.68. The summed E-state index contributed by atoms with van der Waals surface area (Å²) < 4.78 is 40.8. The summed E-state index contributed by atoms with van der Waals surface area (Å²) in [5.41, 5.74) is 1.06. The van der Waals surface area contributed by atoms with Crippen LogP contribution in [0.1, 0.15) is 44.6 Å². The molecule has 1 unspecified atom stereocenters. The fourth-order valence-electron chi connectivity index (χ4n) is 3.13. The highest BCUT2D eigenvalue weighted by Gasteiger charge is 2.31. The van der Waals surface area contributed by atoms with Crippen LogP contribution in [0.15, 0.2) is 24.5 Å². The van der Waals surface area contributed by atoms with Crippen LogP contribution in [0.4, 0.5) is 13.2 Å². The first-order valence-electron chi connectivity index (χ1n) is 8.82. The summed E-state index contributed by atoms with van der Waals surface area (Å²) in [4.78, 5) is 13.3. The second-order valence-electron chi connectivity index (χ2n) is 6.16. The van der Waals surface area contributed by atoms with Crippen LogP contribution in [0.25, 0.3) is 22.4 Å². The molecule has 0 aliphatic carbocycles. The van der Waals surface area contributed by atoms with Gasteiger partial charge in [-0.3, -0.25) is 4.57 Å². The van der Waals surface area contributed by atoms with Crippen LogP contribution in [0.5, 0.6) is 0 Å². The average Bonchev–Trinajstić information content (AvgIpc) is 3.04. The van der Waals surface area contributed by atoms with Crippen LogP contribution in [0.2, 0.25) is 5.02 Å². The van der Waals surface area contributed by atoms with Gasteiger partial charge in [0.25, 0.3) is 0 Å². The number of halogens is 4. The number of hydrogen-bond acceptors (Lipinski definition) is 3. The zero-order valence-corrected chi connectivity index (χ0v) is 16.4. The van der Waals surface area contributed by atoms with Gasteiger partial charge < -0.3 is 0 Å². The van der Waals surface area contributed by atoms with Crippen molar-refractivity contribution in [2.24, 2.45) is 0 Å². The minimum atomic E-state index is -4.46. The Morgan fingerprint density at radius 3 is 2.54 bits per heavy atom. The lowest BCUT2D eigenvalue weighted by molar-refractivity contribution is -0.137. The third kappa shape index (κ3) is 3.57.